The fourth-order valence-electron chi connectivity index (χ4n) is 2.24. The average Bonchev–Trinajstić information content (AvgIpc) is 2.92. The van der Waals surface area contributed by atoms with Gasteiger partial charge in [-0.25, -0.2) is 0 Å². The summed E-state index contributed by atoms with van der Waals surface area (Å²) in [6.45, 7) is 6.06. The first-order valence-corrected chi connectivity index (χ1v) is 7.62. The van der Waals surface area contributed by atoms with E-state index in [0.717, 1.165) is 10.9 Å². The molecule has 106 valence electrons. The van der Waals surface area contributed by atoms with E-state index in [0.29, 0.717) is 17.4 Å². The SMILES string of the molecule is CCCC1CC1Nc1snc(N)c1C(=O)NC(C)C. The lowest BCUT2D eigenvalue weighted by Crippen LogP contribution is -2.31. The molecule has 0 spiro atoms. The van der Waals surface area contributed by atoms with Crippen LogP contribution in [0.5, 0.6) is 0 Å². The van der Waals surface area contributed by atoms with Crippen LogP contribution in [-0.2, 0) is 0 Å². The molecule has 1 heterocycles. The molecule has 2 atom stereocenters. The highest BCUT2D eigenvalue weighted by atomic mass is 32.1. The monoisotopic (exact) mass is 282 g/mol. The zero-order valence-electron chi connectivity index (χ0n) is 11.7. The minimum Gasteiger partial charge on any atom is -0.382 e. The number of nitrogens with zero attached hydrogens (tertiary/aromatic N) is 1. The first-order chi connectivity index (χ1) is 9.02. The molecule has 1 amide bonds. The van der Waals surface area contributed by atoms with Crippen LogP contribution in [0.15, 0.2) is 0 Å². The Labute approximate surface area is 118 Å². The number of anilines is 2. The van der Waals surface area contributed by atoms with E-state index >= 15 is 0 Å². The van der Waals surface area contributed by atoms with Gasteiger partial charge >= 0.3 is 0 Å². The molecule has 1 aliphatic carbocycles. The lowest BCUT2D eigenvalue weighted by molar-refractivity contribution is 0.0945. The van der Waals surface area contributed by atoms with E-state index in [2.05, 4.69) is 21.9 Å². The van der Waals surface area contributed by atoms with Crippen LogP contribution < -0.4 is 16.4 Å². The number of carbonyl (C=O) groups excluding carboxylic acids is 1. The van der Waals surface area contributed by atoms with Crippen molar-refractivity contribution in [1.29, 1.82) is 0 Å². The number of carbonyl (C=O) groups is 1. The minimum atomic E-state index is -0.142. The molecule has 0 saturated heterocycles. The molecule has 1 saturated carbocycles. The largest absolute Gasteiger partial charge is 0.382 e. The van der Waals surface area contributed by atoms with Crippen molar-refractivity contribution in [2.24, 2.45) is 5.92 Å². The number of nitrogen functional groups attached to an aromatic ring is 1. The molecular weight excluding hydrogens is 260 g/mol. The van der Waals surface area contributed by atoms with Crippen molar-refractivity contribution in [2.45, 2.75) is 52.1 Å². The van der Waals surface area contributed by atoms with Crippen LogP contribution in [0, 0.1) is 5.92 Å². The maximum atomic E-state index is 12.1. The highest BCUT2D eigenvalue weighted by Crippen LogP contribution is 2.39. The molecule has 0 radical (unpaired) electrons. The third kappa shape index (κ3) is 3.37. The molecule has 0 bridgehead atoms. The van der Waals surface area contributed by atoms with Gasteiger partial charge in [-0.15, -0.1) is 0 Å². The van der Waals surface area contributed by atoms with Crippen LogP contribution >= 0.6 is 11.5 Å². The normalized spacial score (nSPS) is 21.5. The van der Waals surface area contributed by atoms with Crippen LogP contribution in [0.25, 0.3) is 0 Å². The Bertz CT molecular complexity index is 457. The molecule has 0 aliphatic heterocycles. The zero-order valence-corrected chi connectivity index (χ0v) is 12.5. The van der Waals surface area contributed by atoms with Crippen molar-refractivity contribution in [3.8, 4) is 0 Å². The van der Waals surface area contributed by atoms with Crippen LogP contribution in [-0.4, -0.2) is 22.4 Å². The first kappa shape index (κ1) is 14.1. The fourth-order valence-corrected chi connectivity index (χ4v) is 3.01. The summed E-state index contributed by atoms with van der Waals surface area (Å²) in [4.78, 5) is 12.1. The van der Waals surface area contributed by atoms with Crippen molar-refractivity contribution in [1.82, 2.24) is 9.69 Å². The smallest absolute Gasteiger partial charge is 0.258 e. The molecule has 2 unspecified atom stereocenters. The van der Waals surface area contributed by atoms with E-state index in [1.165, 1.54) is 30.8 Å². The third-order valence-electron chi connectivity index (χ3n) is 3.26. The number of amides is 1. The maximum Gasteiger partial charge on any atom is 0.258 e. The van der Waals surface area contributed by atoms with Gasteiger partial charge in [0.1, 0.15) is 10.6 Å². The number of aromatic nitrogens is 1. The van der Waals surface area contributed by atoms with Gasteiger partial charge in [0, 0.05) is 12.1 Å². The molecule has 2 rings (SSSR count). The molecule has 6 heteroatoms. The highest BCUT2D eigenvalue weighted by Gasteiger charge is 2.37. The molecule has 5 nitrogen and oxygen atoms in total. The Morgan fingerprint density at radius 3 is 2.95 bits per heavy atom. The fraction of sp³-hybridized carbons (Fsp3) is 0.692. The van der Waals surface area contributed by atoms with Gasteiger partial charge in [0.15, 0.2) is 5.82 Å². The highest BCUT2D eigenvalue weighted by molar-refractivity contribution is 7.11. The molecule has 1 aromatic heterocycles. The summed E-state index contributed by atoms with van der Waals surface area (Å²) >= 11 is 1.27. The number of nitrogens with two attached hydrogens (primary N) is 1. The summed E-state index contributed by atoms with van der Waals surface area (Å²) < 4.78 is 4.09. The predicted molar refractivity (Wildman–Crippen MR) is 79.6 cm³/mol. The van der Waals surface area contributed by atoms with Crippen LogP contribution in [0.4, 0.5) is 10.8 Å². The Hall–Kier alpha value is -1.30. The molecule has 4 N–H and O–H groups in total. The standard InChI is InChI=1S/C13H22N4OS/c1-4-5-8-6-9(8)16-13-10(11(14)17-19-13)12(18)15-7(2)3/h7-9,16H,4-6H2,1-3H3,(H2,14,17)(H,15,18). The number of hydrogen-bond donors (Lipinski definition) is 3. The number of rotatable bonds is 6. The lowest BCUT2D eigenvalue weighted by atomic mass is 10.2. The second-order valence-corrected chi connectivity index (χ2v) is 6.21. The molecule has 19 heavy (non-hydrogen) atoms. The average molecular weight is 282 g/mol. The Morgan fingerprint density at radius 2 is 2.32 bits per heavy atom. The molecular formula is C13H22N4OS. The van der Waals surface area contributed by atoms with Crippen LogP contribution in [0.3, 0.4) is 0 Å². The van der Waals surface area contributed by atoms with E-state index in [-0.39, 0.29) is 11.9 Å². The summed E-state index contributed by atoms with van der Waals surface area (Å²) in [6, 6.07) is 0.568. The third-order valence-corrected chi connectivity index (χ3v) is 4.06. The first-order valence-electron chi connectivity index (χ1n) is 6.85. The van der Waals surface area contributed by atoms with E-state index in [9.17, 15) is 4.79 Å². The Kier molecular flexibility index (Phi) is 4.29. The maximum absolute atomic E-state index is 12.1. The minimum absolute atomic E-state index is 0.0911. The van der Waals surface area contributed by atoms with Crippen molar-refractivity contribution < 1.29 is 4.79 Å². The molecule has 1 aromatic rings. The van der Waals surface area contributed by atoms with E-state index in [4.69, 9.17) is 5.73 Å². The van der Waals surface area contributed by atoms with Crippen molar-refractivity contribution in [3.05, 3.63) is 5.56 Å². The Morgan fingerprint density at radius 1 is 1.58 bits per heavy atom. The Balaban J connectivity index is 2.04. The summed E-state index contributed by atoms with van der Waals surface area (Å²) in [7, 11) is 0. The summed E-state index contributed by atoms with van der Waals surface area (Å²) in [6.07, 6.45) is 3.62. The van der Waals surface area contributed by atoms with Crippen molar-refractivity contribution >= 4 is 28.3 Å². The lowest BCUT2D eigenvalue weighted by Gasteiger charge is -2.10. The number of nitrogens with one attached hydrogen (secondary N) is 2. The van der Waals surface area contributed by atoms with Gasteiger partial charge in [-0.3, -0.25) is 4.79 Å². The van der Waals surface area contributed by atoms with Gasteiger partial charge in [-0.1, -0.05) is 13.3 Å². The van der Waals surface area contributed by atoms with Crippen molar-refractivity contribution in [2.75, 3.05) is 11.1 Å². The number of hydrogen-bond acceptors (Lipinski definition) is 5. The predicted octanol–water partition coefficient (Wildman–Crippen LogP) is 2.46. The second kappa shape index (κ2) is 5.77. The summed E-state index contributed by atoms with van der Waals surface area (Å²) in [5, 5.41) is 7.08. The topological polar surface area (TPSA) is 80.0 Å². The van der Waals surface area contributed by atoms with Gasteiger partial charge in [-0.05, 0) is 44.1 Å². The van der Waals surface area contributed by atoms with Crippen LogP contribution in [0.2, 0.25) is 0 Å². The molecule has 1 aliphatic rings. The quantitative estimate of drug-likeness (QED) is 0.749. The van der Waals surface area contributed by atoms with Gasteiger partial charge in [0.25, 0.3) is 5.91 Å². The van der Waals surface area contributed by atoms with Gasteiger partial charge in [-0.2, -0.15) is 4.37 Å². The summed E-state index contributed by atoms with van der Waals surface area (Å²) in [5.74, 6) is 0.907. The van der Waals surface area contributed by atoms with Gasteiger partial charge in [0.2, 0.25) is 0 Å². The molecule has 1 fully saturated rings. The molecule has 0 aromatic carbocycles. The van der Waals surface area contributed by atoms with E-state index < -0.39 is 0 Å². The zero-order chi connectivity index (χ0) is 14.0. The second-order valence-electron chi connectivity index (χ2n) is 5.44. The van der Waals surface area contributed by atoms with E-state index in [1.54, 1.807) is 0 Å². The van der Waals surface area contributed by atoms with Crippen molar-refractivity contribution in [3.63, 3.8) is 0 Å². The van der Waals surface area contributed by atoms with Crippen LogP contribution in [0.1, 0.15) is 50.4 Å². The van der Waals surface area contributed by atoms with Gasteiger partial charge in [0.05, 0.1) is 0 Å². The van der Waals surface area contributed by atoms with E-state index in [1.807, 2.05) is 13.8 Å². The summed E-state index contributed by atoms with van der Waals surface area (Å²) in [5.41, 5.74) is 6.31. The van der Waals surface area contributed by atoms with Gasteiger partial charge < -0.3 is 16.4 Å².